The predicted octanol–water partition coefficient (Wildman–Crippen LogP) is 5.52. The molecule has 7 heteroatoms. The lowest BCUT2D eigenvalue weighted by Crippen LogP contribution is -2.30. The molecular formula is C25H21FN2O3S. The van der Waals surface area contributed by atoms with Crippen LogP contribution in [-0.2, 0) is 10.5 Å². The normalized spacial score (nSPS) is 14.6. The fourth-order valence-corrected chi connectivity index (χ4v) is 4.13. The number of amidine groups is 1. The Kier molecular flexibility index (Phi) is 6.56. The minimum atomic E-state index is -0.283. The Morgan fingerprint density at radius 3 is 2.38 bits per heavy atom. The number of rotatable bonds is 6. The van der Waals surface area contributed by atoms with Crippen molar-refractivity contribution in [1.82, 2.24) is 0 Å². The van der Waals surface area contributed by atoms with Crippen molar-refractivity contribution in [2.24, 2.45) is 4.99 Å². The summed E-state index contributed by atoms with van der Waals surface area (Å²) >= 11 is 1.41. The highest BCUT2D eigenvalue weighted by atomic mass is 32.2. The molecule has 1 amide bonds. The number of aliphatic imine (C=N–C) groups is 1. The summed E-state index contributed by atoms with van der Waals surface area (Å²) in [4.78, 5) is 19.5. The molecule has 1 heterocycles. The highest BCUT2D eigenvalue weighted by molar-refractivity contribution is 8.13. The number of benzene rings is 3. The van der Waals surface area contributed by atoms with Crippen molar-refractivity contribution in [3.63, 3.8) is 0 Å². The van der Waals surface area contributed by atoms with E-state index in [-0.39, 0.29) is 11.7 Å². The first-order valence-electron chi connectivity index (χ1n) is 9.87. The maximum atomic E-state index is 13.3. The molecule has 0 fully saturated rings. The van der Waals surface area contributed by atoms with E-state index in [1.54, 1.807) is 43.4 Å². The van der Waals surface area contributed by atoms with Crippen molar-refractivity contribution in [2.45, 2.75) is 5.75 Å². The number of hydrogen-bond acceptors (Lipinski definition) is 5. The van der Waals surface area contributed by atoms with E-state index in [0.29, 0.717) is 28.1 Å². The molecule has 0 N–H and O–H groups in total. The summed E-state index contributed by atoms with van der Waals surface area (Å²) in [5, 5.41) is 0.548. The molecule has 0 aromatic heterocycles. The number of nitrogens with zero attached hydrogens (tertiary/aromatic N) is 2. The average Bonchev–Trinajstić information content (AvgIpc) is 3.14. The summed E-state index contributed by atoms with van der Waals surface area (Å²) in [5.74, 6) is 1.42. The van der Waals surface area contributed by atoms with Crippen molar-refractivity contribution in [3.8, 4) is 11.5 Å². The van der Waals surface area contributed by atoms with Crippen LogP contribution in [0.3, 0.4) is 0 Å². The fraction of sp³-hybridized carbons (Fsp3) is 0.120. The third-order valence-electron chi connectivity index (χ3n) is 4.84. The summed E-state index contributed by atoms with van der Waals surface area (Å²) in [7, 11) is 3.19. The Morgan fingerprint density at radius 2 is 1.69 bits per heavy atom. The molecule has 0 atom stereocenters. The van der Waals surface area contributed by atoms with Gasteiger partial charge in [0.2, 0.25) is 0 Å². The molecule has 5 nitrogen and oxygen atoms in total. The van der Waals surface area contributed by atoms with Crippen LogP contribution >= 0.6 is 11.8 Å². The van der Waals surface area contributed by atoms with Gasteiger partial charge in [-0.3, -0.25) is 9.69 Å². The van der Waals surface area contributed by atoms with E-state index in [1.165, 1.54) is 23.9 Å². The van der Waals surface area contributed by atoms with Gasteiger partial charge in [-0.15, -0.1) is 0 Å². The van der Waals surface area contributed by atoms with Crippen molar-refractivity contribution >= 4 is 34.6 Å². The molecule has 0 saturated heterocycles. The lowest BCUT2D eigenvalue weighted by Gasteiger charge is -2.18. The van der Waals surface area contributed by atoms with Crippen LogP contribution in [0.4, 0.5) is 10.1 Å². The Balaban J connectivity index is 1.66. The minimum Gasteiger partial charge on any atom is -0.497 e. The zero-order valence-corrected chi connectivity index (χ0v) is 18.4. The average molecular weight is 449 g/mol. The second kappa shape index (κ2) is 9.70. The number of ether oxygens (including phenoxy) is 2. The maximum Gasteiger partial charge on any atom is 0.283 e. The maximum absolute atomic E-state index is 13.3. The van der Waals surface area contributed by atoms with Crippen molar-refractivity contribution < 1.29 is 18.7 Å². The van der Waals surface area contributed by atoms with Gasteiger partial charge in [-0.1, -0.05) is 42.1 Å². The Morgan fingerprint density at radius 1 is 0.969 bits per heavy atom. The largest absolute Gasteiger partial charge is 0.497 e. The number of halogens is 1. The lowest BCUT2D eigenvalue weighted by atomic mass is 10.2. The molecule has 162 valence electrons. The van der Waals surface area contributed by atoms with E-state index in [4.69, 9.17) is 9.47 Å². The van der Waals surface area contributed by atoms with Crippen LogP contribution in [-0.4, -0.2) is 25.3 Å². The summed E-state index contributed by atoms with van der Waals surface area (Å²) in [6.07, 6.45) is 1.75. The summed E-state index contributed by atoms with van der Waals surface area (Å²) in [5.41, 5.74) is 2.77. The second-order valence-corrected chi connectivity index (χ2v) is 7.90. The fourth-order valence-electron chi connectivity index (χ4n) is 3.16. The third-order valence-corrected chi connectivity index (χ3v) is 5.85. The number of carbonyl (C=O) groups excluding carboxylic acids is 1. The molecule has 0 saturated carbocycles. The highest BCUT2D eigenvalue weighted by Crippen LogP contribution is 2.32. The van der Waals surface area contributed by atoms with E-state index < -0.39 is 0 Å². The smallest absolute Gasteiger partial charge is 0.283 e. The van der Waals surface area contributed by atoms with Gasteiger partial charge in [0.15, 0.2) is 5.17 Å². The monoisotopic (exact) mass is 448 g/mol. The molecule has 0 aliphatic carbocycles. The van der Waals surface area contributed by atoms with Gasteiger partial charge in [0.05, 0.1) is 19.9 Å². The van der Waals surface area contributed by atoms with Gasteiger partial charge in [-0.05, 0) is 53.6 Å². The number of methoxy groups -OCH3 is 2. The van der Waals surface area contributed by atoms with Gasteiger partial charge in [0.1, 0.15) is 23.0 Å². The number of thioether (sulfide) groups is 1. The first-order chi connectivity index (χ1) is 15.6. The highest BCUT2D eigenvalue weighted by Gasteiger charge is 2.32. The molecule has 3 aromatic carbocycles. The molecule has 0 bridgehead atoms. The van der Waals surface area contributed by atoms with Gasteiger partial charge >= 0.3 is 0 Å². The van der Waals surface area contributed by atoms with Gasteiger partial charge in [0, 0.05) is 11.8 Å². The molecular weight excluding hydrogens is 427 g/mol. The van der Waals surface area contributed by atoms with E-state index in [1.807, 2.05) is 42.5 Å². The first-order valence-corrected chi connectivity index (χ1v) is 10.9. The third kappa shape index (κ3) is 4.84. The number of carbonyl (C=O) groups is 1. The Hall–Kier alpha value is -3.58. The molecule has 0 unspecified atom stereocenters. The van der Waals surface area contributed by atoms with Gasteiger partial charge in [-0.2, -0.15) is 0 Å². The SMILES string of the molecule is COc1ccc(/C=C2\N=C(SCc3ccc(F)cc3)N(c3cccc(OC)c3)C2=O)cc1. The van der Waals surface area contributed by atoms with Crippen molar-refractivity contribution in [2.75, 3.05) is 19.1 Å². The summed E-state index contributed by atoms with van der Waals surface area (Å²) < 4.78 is 23.7. The minimum absolute atomic E-state index is 0.226. The molecule has 32 heavy (non-hydrogen) atoms. The first kappa shape index (κ1) is 21.6. The van der Waals surface area contributed by atoms with Crippen molar-refractivity contribution in [1.29, 1.82) is 0 Å². The van der Waals surface area contributed by atoms with Crippen LogP contribution in [0.15, 0.2) is 83.5 Å². The lowest BCUT2D eigenvalue weighted by molar-refractivity contribution is -0.113. The topological polar surface area (TPSA) is 51.1 Å². The Labute approximate surface area is 190 Å². The van der Waals surface area contributed by atoms with E-state index in [2.05, 4.69) is 4.99 Å². The summed E-state index contributed by atoms with van der Waals surface area (Å²) in [6, 6.07) is 21.0. The van der Waals surface area contributed by atoms with Gasteiger partial charge in [-0.25, -0.2) is 9.38 Å². The number of amides is 1. The van der Waals surface area contributed by atoms with E-state index >= 15 is 0 Å². The van der Waals surface area contributed by atoms with Crippen LogP contribution in [0.5, 0.6) is 11.5 Å². The zero-order valence-electron chi connectivity index (χ0n) is 17.6. The number of anilines is 1. The molecule has 4 rings (SSSR count). The molecule has 3 aromatic rings. The van der Waals surface area contributed by atoms with Gasteiger partial charge in [0.25, 0.3) is 5.91 Å². The molecule has 1 aliphatic heterocycles. The van der Waals surface area contributed by atoms with Crippen molar-refractivity contribution in [3.05, 3.63) is 95.4 Å². The van der Waals surface area contributed by atoms with Crippen LogP contribution in [0, 0.1) is 5.82 Å². The van der Waals surface area contributed by atoms with Crippen LogP contribution < -0.4 is 14.4 Å². The predicted molar refractivity (Wildman–Crippen MR) is 127 cm³/mol. The van der Waals surface area contributed by atoms with Crippen LogP contribution in [0.2, 0.25) is 0 Å². The Bertz CT molecular complexity index is 1170. The standard InChI is InChI=1S/C25H21FN2O3S/c1-30-21-12-8-17(9-13-21)14-23-24(29)28(20-4-3-5-22(15-20)31-2)25(27-23)32-16-18-6-10-19(26)11-7-18/h3-15H,16H2,1-2H3/b23-14-. The summed E-state index contributed by atoms with van der Waals surface area (Å²) in [6.45, 7) is 0. The van der Waals surface area contributed by atoms with E-state index in [9.17, 15) is 9.18 Å². The zero-order chi connectivity index (χ0) is 22.5. The molecule has 0 radical (unpaired) electrons. The quantitative estimate of drug-likeness (QED) is 0.466. The van der Waals surface area contributed by atoms with Gasteiger partial charge < -0.3 is 9.47 Å². The second-order valence-electron chi connectivity index (χ2n) is 6.95. The molecule has 0 spiro atoms. The number of hydrogen-bond donors (Lipinski definition) is 0. The molecule has 1 aliphatic rings. The van der Waals surface area contributed by atoms with Crippen LogP contribution in [0.1, 0.15) is 11.1 Å². The van der Waals surface area contributed by atoms with E-state index in [0.717, 1.165) is 16.9 Å². The van der Waals surface area contributed by atoms with Crippen LogP contribution in [0.25, 0.3) is 6.08 Å².